The molecular formula is C21H27N9O6S2. The molecule has 1 aromatic carbocycles. The highest BCUT2D eigenvalue weighted by molar-refractivity contribution is 8.00. The van der Waals surface area contributed by atoms with Crippen LogP contribution in [-0.4, -0.2) is 102 Å². The van der Waals surface area contributed by atoms with Gasteiger partial charge in [0.1, 0.15) is 16.8 Å². The van der Waals surface area contributed by atoms with Gasteiger partial charge < -0.3 is 31.9 Å². The number of tetrazole rings is 1. The molecule has 0 saturated carbocycles. The number of carbonyl (C=O) groups is 4. The molecule has 38 heavy (non-hydrogen) atoms. The number of thioether (sulfide) groups is 2. The van der Waals surface area contributed by atoms with Gasteiger partial charge in [0, 0.05) is 30.3 Å². The molecule has 7 N–H and O–H groups in total. The van der Waals surface area contributed by atoms with E-state index in [9.17, 15) is 29.4 Å². The number of aliphatic hydroxyl groups is 1. The predicted molar refractivity (Wildman–Crippen MR) is 137 cm³/mol. The number of urea groups is 1. The van der Waals surface area contributed by atoms with Crippen LogP contribution >= 0.6 is 23.5 Å². The van der Waals surface area contributed by atoms with Crippen LogP contribution < -0.4 is 21.7 Å². The molecule has 0 radical (unpaired) electrons. The Morgan fingerprint density at radius 3 is 2.66 bits per heavy atom. The Morgan fingerprint density at radius 2 is 2.03 bits per heavy atom. The van der Waals surface area contributed by atoms with Gasteiger partial charge >= 0.3 is 12.0 Å². The maximum atomic E-state index is 13.3. The van der Waals surface area contributed by atoms with E-state index in [1.54, 1.807) is 24.3 Å². The minimum atomic E-state index is -1.28. The fourth-order valence-corrected chi connectivity index (χ4v) is 7.04. The van der Waals surface area contributed by atoms with Crippen molar-refractivity contribution in [3.05, 3.63) is 29.8 Å². The first-order valence-corrected chi connectivity index (χ1v) is 13.5. The zero-order valence-electron chi connectivity index (χ0n) is 20.1. The monoisotopic (exact) mass is 565 g/mol. The van der Waals surface area contributed by atoms with Crippen LogP contribution in [-0.2, 0) is 27.5 Å². The zero-order valence-corrected chi connectivity index (χ0v) is 21.7. The molecule has 0 aliphatic carbocycles. The number of carboxylic acid groups (broad SMARTS) is 1. The second kappa shape index (κ2) is 11.5. The van der Waals surface area contributed by atoms with E-state index in [1.807, 2.05) is 0 Å². The Kier molecular flexibility index (Phi) is 8.39. The number of aliphatic carboxylic acids is 1. The number of hydrogen-bond acceptors (Lipinski definition) is 11. The highest BCUT2D eigenvalue weighted by atomic mass is 32.2. The molecule has 2 saturated heterocycles. The number of carbonyl (C=O) groups excluding carboxylic acids is 3. The molecule has 1 aromatic heterocycles. The molecule has 17 heteroatoms. The number of carboxylic acids is 1. The summed E-state index contributed by atoms with van der Waals surface area (Å²) in [4.78, 5) is 52.2. The lowest BCUT2D eigenvalue weighted by Crippen LogP contribution is -2.75. The van der Waals surface area contributed by atoms with E-state index in [0.717, 1.165) is 11.8 Å². The summed E-state index contributed by atoms with van der Waals surface area (Å²) in [5.74, 6) is -1.58. The first-order valence-electron chi connectivity index (χ1n) is 11.5. The number of nitrogens with two attached hydrogens (primary N) is 2. The number of primary amides is 1. The molecule has 3 heterocycles. The Hall–Kier alpha value is -3.41. The summed E-state index contributed by atoms with van der Waals surface area (Å²) in [5, 5.41) is 33.2. The summed E-state index contributed by atoms with van der Waals surface area (Å²) in [5.41, 5.74) is 10.5. The minimum absolute atomic E-state index is 0.0404. The van der Waals surface area contributed by atoms with Crippen molar-refractivity contribution < 1.29 is 29.4 Å². The highest BCUT2D eigenvalue weighted by Gasteiger charge is 2.59. The van der Waals surface area contributed by atoms with Crippen molar-refractivity contribution in [2.45, 2.75) is 29.7 Å². The van der Waals surface area contributed by atoms with E-state index < -0.39 is 34.7 Å². The molecule has 2 aromatic rings. The van der Waals surface area contributed by atoms with Crippen molar-refractivity contribution in [3.8, 4) is 0 Å². The van der Waals surface area contributed by atoms with Crippen molar-refractivity contribution in [1.82, 2.24) is 30.4 Å². The number of aromatic nitrogens is 4. The van der Waals surface area contributed by atoms with E-state index in [0.29, 0.717) is 16.4 Å². The number of β-lactam (4-membered cyclic amide) rings is 1. The summed E-state index contributed by atoms with van der Waals surface area (Å²) in [6.07, 6.45) is 0. The molecule has 2 unspecified atom stereocenters. The molecule has 2 fully saturated rings. The fraction of sp³-hybridized carbons (Fsp3) is 0.476. The zero-order chi connectivity index (χ0) is 27.4. The van der Waals surface area contributed by atoms with Gasteiger partial charge in [-0.15, -0.1) is 16.9 Å². The molecule has 3 atom stereocenters. The number of aliphatic hydroxyl groups excluding tert-OH is 1. The van der Waals surface area contributed by atoms with Gasteiger partial charge in [0.25, 0.3) is 0 Å². The Bertz CT molecular complexity index is 1210. The van der Waals surface area contributed by atoms with Crippen LogP contribution in [0.5, 0.6) is 0 Å². The molecule has 4 amide bonds. The van der Waals surface area contributed by atoms with Crippen molar-refractivity contribution in [2.24, 2.45) is 16.9 Å². The summed E-state index contributed by atoms with van der Waals surface area (Å²) >= 11 is 2.43. The summed E-state index contributed by atoms with van der Waals surface area (Å²) < 4.78 is 1.43. The number of anilines is 1. The number of hydrogen-bond donors (Lipinski definition) is 5. The van der Waals surface area contributed by atoms with Crippen LogP contribution in [0, 0.1) is 5.41 Å². The second-order valence-corrected chi connectivity index (χ2v) is 10.8. The molecule has 0 bridgehead atoms. The molecular weight excluding hydrogens is 538 g/mol. The Labute approximate surface area is 225 Å². The molecule has 15 nitrogen and oxygen atoms in total. The van der Waals surface area contributed by atoms with Crippen molar-refractivity contribution in [2.75, 3.05) is 36.0 Å². The van der Waals surface area contributed by atoms with Crippen LogP contribution in [0.25, 0.3) is 0 Å². The Balaban J connectivity index is 1.47. The van der Waals surface area contributed by atoms with Crippen molar-refractivity contribution in [3.63, 3.8) is 0 Å². The lowest BCUT2D eigenvalue weighted by Gasteiger charge is -2.56. The largest absolute Gasteiger partial charge is 0.481 e. The second-order valence-electron chi connectivity index (χ2n) is 8.75. The standard InChI is InChI=1S/C21H27N9O6S2/c22-7-14(32)30(13-3-1-12(8-31)2-4-13)15-16(33)28-9-21(18(34)35,10-37-17(15)28)11-38-20-25-26-27-29(20)6-5-24-19(23)36/h1-4,15,17,31H,5-11,22H2,(H,34,35)(H3,23,24,36)/t15?,17-,21?/m1/s1. The number of fused-ring (bicyclic) bond motifs is 1. The normalized spacial score (nSPS) is 22.4. The third-order valence-corrected chi connectivity index (χ3v) is 9.11. The predicted octanol–water partition coefficient (Wildman–Crippen LogP) is -1.73. The minimum Gasteiger partial charge on any atom is -0.481 e. The number of nitrogens with one attached hydrogen (secondary N) is 1. The van der Waals surface area contributed by atoms with E-state index in [4.69, 9.17) is 11.5 Å². The molecule has 4 rings (SSSR count). The molecule has 204 valence electrons. The number of rotatable bonds is 11. The van der Waals surface area contributed by atoms with Crippen LogP contribution in [0.15, 0.2) is 29.4 Å². The average molecular weight is 566 g/mol. The fourth-order valence-electron chi connectivity index (χ4n) is 4.24. The van der Waals surface area contributed by atoms with E-state index in [1.165, 1.54) is 26.2 Å². The topological polar surface area (TPSA) is 223 Å². The average Bonchev–Trinajstić information content (AvgIpc) is 3.36. The van der Waals surface area contributed by atoms with Gasteiger partial charge in [0.05, 0.1) is 19.7 Å². The lowest BCUT2D eigenvalue weighted by atomic mass is 9.89. The highest BCUT2D eigenvalue weighted by Crippen LogP contribution is 2.46. The van der Waals surface area contributed by atoms with Crippen LogP contribution in [0.4, 0.5) is 10.5 Å². The Morgan fingerprint density at radius 1 is 1.29 bits per heavy atom. The first kappa shape index (κ1) is 27.6. The van der Waals surface area contributed by atoms with E-state index in [2.05, 4.69) is 20.8 Å². The van der Waals surface area contributed by atoms with Gasteiger partial charge in [-0.1, -0.05) is 23.9 Å². The lowest BCUT2D eigenvalue weighted by molar-refractivity contribution is -0.156. The van der Waals surface area contributed by atoms with E-state index >= 15 is 0 Å². The number of benzene rings is 1. The van der Waals surface area contributed by atoms with Gasteiger partial charge in [0.2, 0.25) is 17.0 Å². The van der Waals surface area contributed by atoms with Crippen LogP contribution in [0.3, 0.4) is 0 Å². The maximum Gasteiger partial charge on any atom is 0.313 e. The third kappa shape index (κ3) is 5.40. The van der Waals surface area contributed by atoms with Gasteiger partial charge in [-0.05, 0) is 28.1 Å². The summed E-state index contributed by atoms with van der Waals surface area (Å²) in [6.45, 7) is -0.0686. The maximum absolute atomic E-state index is 13.3. The van der Waals surface area contributed by atoms with Gasteiger partial charge in [-0.25, -0.2) is 9.48 Å². The van der Waals surface area contributed by atoms with Crippen molar-refractivity contribution >= 4 is 53.0 Å². The van der Waals surface area contributed by atoms with Gasteiger partial charge in [-0.2, -0.15) is 0 Å². The quantitative estimate of drug-likeness (QED) is 0.151. The van der Waals surface area contributed by atoms with Gasteiger partial charge in [0.15, 0.2) is 0 Å². The van der Waals surface area contributed by atoms with Crippen LogP contribution in [0.2, 0.25) is 0 Å². The van der Waals surface area contributed by atoms with E-state index in [-0.39, 0.29) is 50.2 Å². The van der Waals surface area contributed by atoms with Crippen molar-refractivity contribution in [1.29, 1.82) is 0 Å². The molecule has 0 spiro atoms. The smallest absolute Gasteiger partial charge is 0.313 e. The molecule has 2 aliphatic rings. The van der Waals surface area contributed by atoms with Gasteiger partial charge in [-0.3, -0.25) is 19.3 Å². The number of amides is 4. The molecule has 2 aliphatic heterocycles. The SMILES string of the molecule is NCC(=O)N(c1ccc(CO)cc1)C1C(=O)N2CC(CSc3nnnn3CCNC(N)=O)(C(=O)O)CS[C@H]12. The van der Waals surface area contributed by atoms with Crippen LogP contribution in [0.1, 0.15) is 5.56 Å². The first-order chi connectivity index (χ1) is 18.2. The third-order valence-electron chi connectivity index (χ3n) is 6.29. The summed E-state index contributed by atoms with van der Waals surface area (Å²) in [7, 11) is 0. The number of nitrogens with zero attached hydrogens (tertiary/aromatic N) is 6. The summed E-state index contributed by atoms with van der Waals surface area (Å²) in [6, 6.07) is 5.10.